The lowest BCUT2D eigenvalue weighted by atomic mass is 10.1. The molecule has 0 amide bonds. The van der Waals surface area contributed by atoms with Gasteiger partial charge in [-0.2, -0.15) is 5.10 Å². The summed E-state index contributed by atoms with van der Waals surface area (Å²) in [6.07, 6.45) is 2.78. The molecule has 102 valence electrons. The molecule has 5 nitrogen and oxygen atoms in total. The van der Waals surface area contributed by atoms with E-state index >= 15 is 0 Å². The summed E-state index contributed by atoms with van der Waals surface area (Å²) in [5, 5.41) is 14.0. The lowest BCUT2D eigenvalue weighted by Crippen LogP contribution is -1.99. The molecule has 0 saturated heterocycles. The molecular weight excluding hydrogens is 244 g/mol. The van der Waals surface area contributed by atoms with Gasteiger partial charge in [-0.15, -0.1) is 0 Å². The molecule has 1 atom stereocenters. The minimum Gasteiger partial charge on any atom is -0.496 e. The zero-order chi connectivity index (χ0) is 13.8. The van der Waals surface area contributed by atoms with Gasteiger partial charge in [-0.3, -0.25) is 4.68 Å². The summed E-state index contributed by atoms with van der Waals surface area (Å²) in [7, 11) is 1.57. The van der Waals surface area contributed by atoms with E-state index in [-0.39, 0.29) is 0 Å². The average molecular weight is 262 g/mol. The molecule has 0 radical (unpaired) electrons. The largest absolute Gasteiger partial charge is 0.496 e. The lowest BCUT2D eigenvalue weighted by molar-refractivity contribution is 0.190. The molecule has 0 bridgehead atoms. The molecule has 2 rings (SSSR count). The first-order chi connectivity index (χ1) is 9.15. The Morgan fingerprint density at radius 3 is 2.68 bits per heavy atom. The summed E-state index contributed by atoms with van der Waals surface area (Å²) in [4.78, 5) is 0. The number of benzene rings is 1. The Hall–Kier alpha value is -2.01. The highest BCUT2D eigenvalue weighted by Gasteiger charge is 2.16. The Balaban J connectivity index is 2.33. The quantitative estimate of drug-likeness (QED) is 0.900. The highest BCUT2D eigenvalue weighted by atomic mass is 16.5. The van der Waals surface area contributed by atoms with Crippen LogP contribution in [0.2, 0.25) is 0 Å². The van der Waals surface area contributed by atoms with Gasteiger partial charge in [0.15, 0.2) is 5.75 Å². The van der Waals surface area contributed by atoms with Crippen molar-refractivity contribution >= 4 is 0 Å². The maximum atomic E-state index is 9.87. The number of aliphatic hydroxyl groups is 1. The van der Waals surface area contributed by atoms with Crippen molar-refractivity contribution in [1.82, 2.24) is 9.78 Å². The standard InChI is InChI=1S/C14H18N2O3/c1-4-16-9-11(8-15-16)19-13-7-5-6-12(18-3)14(13)10(2)17/h5-10,17H,4H2,1-3H3. The maximum absolute atomic E-state index is 9.87. The van der Waals surface area contributed by atoms with Gasteiger partial charge in [0.2, 0.25) is 0 Å². The number of nitrogens with zero attached hydrogens (tertiary/aromatic N) is 2. The molecular formula is C14H18N2O3. The van der Waals surface area contributed by atoms with Gasteiger partial charge < -0.3 is 14.6 Å². The fourth-order valence-electron chi connectivity index (χ4n) is 1.90. The van der Waals surface area contributed by atoms with Crippen LogP contribution >= 0.6 is 0 Å². The van der Waals surface area contributed by atoms with Crippen LogP contribution in [-0.2, 0) is 6.54 Å². The summed E-state index contributed by atoms with van der Waals surface area (Å²) in [6.45, 7) is 4.47. The van der Waals surface area contributed by atoms with Crippen molar-refractivity contribution in [3.05, 3.63) is 36.2 Å². The predicted molar refractivity (Wildman–Crippen MR) is 71.6 cm³/mol. The number of rotatable bonds is 5. The van der Waals surface area contributed by atoms with Crippen molar-refractivity contribution in [3.8, 4) is 17.2 Å². The minimum atomic E-state index is -0.674. The highest BCUT2D eigenvalue weighted by molar-refractivity contribution is 5.47. The molecule has 0 spiro atoms. The van der Waals surface area contributed by atoms with Gasteiger partial charge in [0.05, 0.1) is 31.2 Å². The van der Waals surface area contributed by atoms with E-state index in [0.29, 0.717) is 22.8 Å². The van der Waals surface area contributed by atoms with Crippen LogP contribution in [0.3, 0.4) is 0 Å². The molecule has 0 aliphatic heterocycles. The van der Waals surface area contributed by atoms with Crippen LogP contribution in [0.5, 0.6) is 17.2 Å². The summed E-state index contributed by atoms with van der Waals surface area (Å²) < 4.78 is 12.8. The van der Waals surface area contributed by atoms with Crippen molar-refractivity contribution in [3.63, 3.8) is 0 Å². The second-order valence-electron chi connectivity index (χ2n) is 4.18. The van der Waals surface area contributed by atoms with Crippen molar-refractivity contribution in [2.45, 2.75) is 26.5 Å². The van der Waals surface area contributed by atoms with Crippen LogP contribution < -0.4 is 9.47 Å². The molecule has 1 N–H and O–H groups in total. The first-order valence-corrected chi connectivity index (χ1v) is 6.21. The van der Waals surface area contributed by atoms with Gasteiger partial charge in [-0.25, -0.2) is 0 Å². The van der Waals surface area contributed by atoms with E-state index in [1.807, 2.05) is 19.2 Å². The first-order valence-electron chi connectivity index (χ1n) is 6.21. The molecule has 0 saturated carbocycles. The van der Waals surface area contributed by atoms with E-state index in [9.17, 15) is 5.11 Å². The Morgan fingerprint density at radius 2 is 2.11 bits per heavy atom. The molecule has 1 aromatic heterocycles. The van der Waals surface area contributed by atoms with E-state index < -0.39 is 6.10 Å². The number of ether oxygens (including phenoxy) is 2. The smallest absolute Gasteiger partial charge is 0.165 e. The summed E-state index contributed by atoms with van der Waals surface area (Å²) in [5.41, 5.74) is 0.634. The maximum Gasteiger partial charge on any atom is 0.165 e. The topological polar surface area (TPSA) is 56.5 Å². The fraction of sp³-hybridized carbons (Fsp3) is 0.357. The first kappa shape index (κ1) is 13.4. The van der Waals surface area contributed by atoms with Crippen LogP contribution in [-0.4, -0.2) is 22.0 Å². The lowest BCUT2D eigenvalue weighted by Gasteiger charge is -2.15. The molecule has 19 heavy (non-hydrogen) atoms. The SMILES string of the molecule is CCn1cc(Oc2cccc(OC)c2C(C)O)cn1. The third-order valence-electron chi connectivity index (χ3n) is 2.83. The molecule has 0 aliphatic rings. The second-order valence-corrected chi connectivity index (χ2v) is 4.18. The number of methoxy groups -OCH3 is 1. The van der Waals surface area contributed by atoms with Crippen LogP contribution in [0.4, 0.5) is 0 Å². The van der Waals surface area contributed by atoms with E-state index in [4.69, 9.17) is 9.47 Å². The van der Waals surface area contributed by atoms with E-state index in [0.717, 1.165) is 6.54 Å². The van der Waals surface area contributed by atoms with Crippen LogP contribution in [0, 0.1) is 0 Å². The fourth-order valence-corrected chi connectivity index (χ4v) is 1.90. The normalized spacial score (nSPS) is 12.2. The average Bonchev–Trinajstić information content (AvgIpc) is 2.85. The highest BCUT2D eigenvalue weighted by Crippen LogP contribution is 2.36. The Labute approximate surface area is 112 Å². The number of hydrogen-bond donors (Lipinski definition) is 1. The number of aliphatic hydroxyl groups excluding tert-OH is 1. The van der Waals surface area contributed by atoms with E-state index in [2.05, 4.69) is 5.10 Å². The van der Waals surface area contributed by atoms with Gasteiger partial charge >= 0.3 is 0 Å². The van der Waals surface area contributed by atoms with Gasteiger partial charge in [-0.1, -0.05) is 6.07 Å². The van der Waals surface area contributed by atoms with Crippen LogP contribution in [0.25, 0.3) is 0 Å². The zero-order valence-corrected chi connectivity index (χ0v) is 11.3. The summed E-state index contributed by atoms with van der Waals surface area (Å²) >= 11 is 0. The summed E-state index contributed by atoms with van der Waals surface area (Å²) in [6, 6.07) is 5.42. The third kappa shape index (κ3) is 2.88. The predicted octanol–water partition coefficient (Wildman–Crippen LogP) is 2.76. The van der Waals surface area contributed by atoms with Gasteiger partial charge in [0.25, 0.3) is 0 Å². The monoisotopic (exact) mass is 262 g/mol. The minimum absolute atomic E-state index is 0.574. The van der Waals surface area contributed by atoms with Crippen molar-refractivity contribution in [2.75, 3.05) is 7.11 Å². The third-order valence-corrected chi connectivity index (χ3v) is 2.83. The van der Waals surface area contributed by atoms with Crippen LogP contribution in [0.15, 0.2) is 30.6 Å². The Morgan fingerprint density at radius 1 is 1.37 bits per heavy atom. The van der Waals surface area contributed by atoms with Crippen molar-refractivity contribution in [2.24, 2.45) is 0 Å². The summed E-state index contributed by atoms with van der Waals surface area (Å²) in [5.74, 6) is 1.82. The molecule has 0 aliphatic carbocycles. The van der Waals surface area contributed by atoms with E-state index in [1.54, 1.807) is 37.0 Å². The molecule has 5 heteroatoms. The molecule has 0 fully saturated rings. The molecule has 1 unspecified atom stereocenters. The van der Waals surface area contributed by atoms with E-state index in [1.165, 1.54) is 0 Å². The number of hydrogen-bond acceptors (Lipinski definition) is 4. The van der Waals surface area contributed by atoms with Gasteiger partial charge in [0, 0.05) is 6.54 Å². The molecule has 1 aromatic carbocycles. The molecule has 2 aromatic rings. The van der Waals surface area contributed by atoms with Gasteiger partial charge in [-0.05, 0) is 26.0 Å². The van der Waals surface area contributed by atoms with Crippen molar-refractivity contribution in [1.29, 1.82) is 0 Å². The zero-order valence-electron chi connectivity index (χ0n) is 11.3. The van der Waals surface area contributed by atoms with Crippen molar-refractivity contribution < 1.29 is 14.6 Å². The van der Waals surface area contributed by atoms with Gasteiger partial charge in [0.1, 0.15) is 11.5 Å². The number of aryl methyl sites for hydroxylation is 1. The van der Waals surface area contributed by atoms with Crippen LogP contribution in [0.1, 0.15) is 25.5 Å². The Bertz CT molecular complexity index is 549. The Kier molecular flexibility index (Phi) is 4.06. The number of aromatic nitrogens is 2. The second kappa shape index (κ2) is 5.75. The molecule has 1 heterocycles.